The number of carbonyl (C=O) groups excluding carboxylic acids is 3. The molecule has 0 atom stereocenters. The van der Waals surface area contributed by atoms with E-state index < -0.39 is 11.7 Å². The lowest BCUT2D eigenvalue weighted by atomic mass is 10.1. The highest BCUT2D eigenvalue weighted by atomic mass is 19.1. The smallest absolute Gasteiger partial charge is 0.317 e. The SMILES string of the molecule is CC(C)N(CC(=O)Nc1ccc(N2CCN(C(=O)NC(C)(C)C)CC2)cc1)C(=O)c1ccccc1F. The van der Waals surface area contributed by atoms with Gasteiger partial charge in [-0.05, 0) is 71.0 Å². The minimum absolute atomic E-state index is 0.0517. The highest BCUT2D eigenvalue weighted by Crippen LogP contribution is 2.20. The lowest BCUT2D eigenvalue weighted by Gasteiger charge is -2.37. The standard InChI is InChI=1S/C27H36FN5O3/c1-19(2)33(25(35)22-8-6-7-9-23(22)28)18-24(34)29-20-10-12-21(13-11-20)31-14-16-32(17-15-31)26(36)30-27(3,4)5/h6-13,19H,14-18H2,1-5H3,(H,29,34)(H,30,36). The molecule has 9 heteroatoms. The molecule has 8 nitrogen and oxygen atoms in total. The summed E-state index contributed by atoms with van der Waals surface area (Å²) >= 11 is 0. The maximum Gasteiger partial charge on any atom is 0.317 e. The van der Waals surface area contributed by atoms with Crippen LogP contribution in [0.15, 0.2) is 48.5 Å². The molecule has 2 aromatic carbocycles. The lowest BCUT2D eigenvalue weighted by molar-refractivity contribution is -0.117. The van der Waals surface area contributed by atoms with Gasteiger partial charge >= 0.3 is 6.03 Å². The Morgan fingerprint density at radius 3 is 2.14 bits per heavy atom. The van der Waals surface area contributed by atoms with Crippen molar-refractivity contribution in [1.29, 1.82) is 0 Å². The van der Waals surface area contributed by atoms with Crippen molar-refractivity contribution < 1.29 is 18.8 Å². The summed E-state index contributed by atoms with van der Waals surface area (Å²) in [4.78, 5) is 43.2. The van der Waals surface area contributed by atoms with Crippen molar-refractivity contribution >= 4 is 29.2 Å². The third kappa shape index (κ3) is 7.19. The molecule has 4 amide bonds. The van der Waals surface area contributed by atoms with E-state index >= 15 is 0 Å². The van der Waals surface area contributed by atoms with Crippen LogP contribution in [0.1, 0.15) is 45.0 Å². The van der Waals surface area contributed by atoms with E-state index in [0.717, 1.165) is 5.69 Å². The highest BCUT2D eigenvalue weighted by Gasteiger charge is 2.25. The van der Waals surface area contributed by atoms with E-state index in [1.54, 1.807) is 19.9 Å². The van der Waals surface area contributed by atoms with Gasteiger partial charge < -0.3 is 25.3 Å². The predicted octanol–water partition coefficient (Wildman–Crippen LogP) is 3.95. The largest absolute Gasteiger partial charge is 0.368 e. The van der Waals surface area contributed by atoms with Gasteiger partial charge in [-0.3, -0.25) is 9.59 Å². The number of rotatable bonds is 6. The van der Waals surface area contributed by atoms with Crippen molar-refractivity contribution in [2.24, 2.45) is 0 Å². The zero-order chi connectivity index (χ0) is 26.5. The quantitative estimate of drug-likeness (QED) is 0.633. The summed E-state index contributed by atoms with van der Waals surface area (Å²) in [6.07, 6.45) is 0. The van der Waals surface area contributed by atoms with Gasteiger partial charge in [-0.2, -0.15) is 0 Å². The average molecular weight is 498 g/mol. The van der Waals surface area contributed by atoms with Gasteiger partial charge in [0, 0.05) is 49.1 Å². The number of hydrogen-bond donors (Lipinski definition) is 2. The van der Waals surface area contributed by atoms with Crippen LogP contribution in [0.5, 0.6) is 0 Å². The first-order chi connectivity index (χ1) is 16.9. The van der Waals surface area contributed by atoms with Gasteiger partial charge in [-0.15, -0.1) is 0 Å². The van der Waals surface area contributed by atoms with Crippen molar-refractivity contribution in [1.82, 2.24) is 15.1 Å². The van der Waals surface area contributed by atoms with Gasteiger partial charge in [0.1, 0.15) is 12.4 Å². The van der Waals surface area contributed by atoms with E-state index in [1.165, 1.54) is 23.1 Å². The molecule has 2 aromatic rings. The summed E-state index contributed by atoms with van der Waals surface area (Å²) in [5, 5.41) is 5.81. The van der Waals surface area contributed by atoms with Gasteiger partial charge in [-0.25, -0.2) is 9.18 Å². The summed E-state index contributed by atoms with van der Waals surface area (Å²) in [6.45, 7) is 11.9. The molecular weight excluding hydrogens is 461 g/mol. The number of carbonyl (C=O) groups is 3. The Morgan fingerprint density at radius 1 is 0.972 bits per heavy atom. The Morgan fingerprint density at radius 2 is 1.58 bits per heavy atom. The van der Waals surface area contributed by atoms with Crippen LogP contribution in [0.25, 0.3) is 0 Å². The molecule has 0 spiro atoms. The Kier molecular flexibility index (Phi) is 8.55. The molecule has 0 radical (unpaired) electrons. The number of piperazine rings is 1. The van der Waals surface area contributed by atoms with Gasteiger partial charge in [0.15, 0.2) is 0 Å². The third-order valence-corrected chi connectivity index (χ3v) is 5.87. The minimum Gasteiger partial charge on any atom is -0.368 e. The maximum absolute atomic E-state index is 14.1. The Hall–Kier alpha value is -3.62. The first-order valence-corrected chi connectivity index (χ1v) is 12.2. The van der Waals surface area contributed by atoms with Crippen LogP contribution in [-0.2, 0) is 4.79 Å². The fourth-order valence-electron chi connectivity index (χ4n) is 3.96. The van der Waals surface area contributed by atoms with Gasteiger partial charge in [0.25, 0.3) is 5.91 Å². The van der Waals surface area contributed by atoms with Crippen molar-refractivity contribution in [2.45, 2.75) is 46.2 Å². The van der Waals surface area contributed by atoms with Crippen LogP contribution in [0, 0.1) is 5.82 Å². The molecule has 1 aliphatic rings. The second-order valence-corrected chi connectivity index (χ2v) is 10.3. The van der Waals surface area contributed by atoms with Crippen LogP contribution in [0.4, 0.5) is 20.6 Å². The van der Waals surface area contributed by atoms with Crippen LogP contribution < -0.4 is 15.5 Å². The van der Waals surface area contributed by atoms with Crippen LogP contribution >= 0.6 is 0 Å². The van der Waals surface area contributed by atoms with Crippen molar-refractivity contribution in [3.05, 3.63) is 59.9 Å². The third-order valence-electron chi connectivity index (χ3n) is 5.87. The summed E-state index contributed by atoms with van der Waals surface area (Å²) in [7, 11) is 0. The summed E-state index contributed by atoms with van der Waals surface area (Å²) in [5.41, 5.74) is 1.28. The Balaban J connectivity index is 1.55. The van der Waals surface area contributed by atoms with E-state index in [2.05, 4.69) is 15.5 Å². The van der Waals surface area contributed by atoms with E-state index in [1.807, 2.05) is 49.9 Å². The summed E-state index contributed by atoms with van der Waals surface area (Å²) in [6, 6.07) is 12.9. The first-order valence-electron chi connectivity index (χ1n) is 12.2. The highest BCUT2D eigenvalue weighted by molar-refractivity contribution is 5.99. The van der Waals surface area contributed by atoms with Gasteiger partial charge in [0.2, 0.25) is 5.91 Å². The van der Waals surface area contributed by atoms with E-state index in [0.29, 0.717) is 31.9 Å². The van der Waals surface area contributed by atoms with Crippen molar-refractivity contribution in [3.63, 3.8) is 0 Å². The van der Waals surface area contributed by atoms with Crippen molar-refractivity contribution in [3.8, 4) is 0 Å². The molecule has 36 heavy (non-hydrogen) atoms. The topological polar surface area (TPSA) is 85.0 Å². The molecule has 0 bridgehead atoms. The molecule has 2 N–H and O–H groups in total. The van der Waals surface area contributed by atoms with E-state index in [9.17, 15) is 18.8 Å². The maximum atomic E-state index is 14.1. The fraction of sp³-hybridized carbons (Fsp3) is 0.444. The molecule has 1 fully saturated rings. The van der Waals surface area contributed by atoms with Gasteiger partial charge in [-0.1, -0.05) is 12.1 Å². The second kappa shape index (κ2) is 11.4. The number of benzene rings is 2. The number of nitrogens with zero attached hydrogens (tertiary/aromatic N) is 3. The monoisotopic (exact) mass is 497 g/mol. The molecular formula is C27H36FN5O3. The molecule has 0 aliphatic carbocycles. The number of halogens is 1. The number of urea groups is 1. The first kappa shape index (κ1) is 27.0. The Labute approximate surface area is 212 Å². The fourth-order valence-corrected chi connectivity index (χ4v) is 3.96. The molecule has 1 saturated heterocycles. The molecule has 1 aliphatic heterocycles. The summed E-state index contributed by atoms with van der Waals surface area (Å²) in [5.74, 6) is -1.50. The molecule has 194 valence electrons. The van der Waals surface area contributed by atoms with Gasteiger partial charge in [0.05, 0.1) is 5.56 Å². The van der Waals surface area contributed by atoms with Crippen molar-refractivity contribution in [2.75, 3.05) is 42.9 Å². The van der Waals surface area contributed by atoms with Crippen LogP contribution in [0.3, 0.4) is 0 Å². The number of hydrogen-bond acceptors (Lipinski definition) is 4. The number of amides is 4. The average Bonchev–Trinajstić information content (AvgIpc) is 2.82. The zero-order valence-electron chi connectivity index (χ0n) is 21.7. The normalized spacial score (nSPS) is 14.0. The molecule has 3 rings (SSSR count). The molecule has 0 aromatic heterocycles. The lowest BCUT2D eigenvalue weighted by Crippen LogP contribution is -2.55. The van der Waals surface area contributed by atoms with E-state index in [-0.39, 0.29) is 35.6 Å². The second-order valence-electron chi connectivity index (χ2n) is 10.3. The predicted molar refractivity (Wildman–Crippen MR) is 140 cm³/mol. The summed E-state index contributed by atoms with van der Waals surface area (Å²) < 4.78 is 14.1. The number of nitrogens with one attached hydrogen (secondary N) is 2. The van der Waals surface area contributed by atoms with Crippen LogP contribution in [0.2, 0.25) is 0 Å². The molecule has 0 unspecified atom stereocenters. The zero-order valence-corrected chi connectivity index (χ0v) is 21.7. The molecule has 1 heterocycles. The Bertz CT molecular complexity index is 1070. The minimum atomic E-state index is -0.611. The van der Waals surface area contributed by atoms with E-state index in [4.69, 9.17) is 0 Å². The van der Waals surface area contributed by atoms with Crippen LogP contribution in [-0.4, -0.2) is 71.9 Å². The molecule has 0 saturated carbocycles. The number of anilines is 2.